The van der Waals surface area contributed by atoms with Crippen LogP contribution in [0, 0.1) is 24.1 Å². The lowest BCUT2D eigenvalue weighted by Crippen LogP contribution is -2.23. The summed E-state index contributed by atoms with van der Waals surface area (Å²) < 4.78 is 13.5. The third-order valence-electron chi connectivity index (χ3n) is 3.11. The van der Waals surface area contributed by atoms with Gasteiger partial charge < -0.3 is 5.32 Å². The van der Waals surface area contributed by atoms with E-state index in [1.807, 2.05) is 18.2 Å². The second kappa shape index (κ2) is 7.62. The van der Waals surface area contributed by atoms with E-state index in [2.05, 4.69) is 5.32 Å². The maximum Gasteiger partial charge on any atom is 0.252 e. The zero-order valence-corrected chi connectivity index (χ0v) is 12.9. The maximum absolute atomic E-state index is 13.5. The number of hydrogen-bond acceptors (Lipinski definition) is 3. The normalized spacial score (nSPS) is 10.0. The van der Waals surface area contributed by atoms with Crippen molar-refractivity contribution >= 4 is 17.7 Å². The lowest BCUT2D eigenvalue weighted by molar-refractivity contribution is 0.0948. The number of nitrogens with one attached hydrogen (secondary N) is 1. The van der Waals surface area contributed by atoms with Crippen molar-refractivity contribution in [3.8, 4) is 6.07 Å². The van der Waals surface area contributed by atoms with Gasteiger partial charge in [-0.2, -0.15) is 5.26 Å². The van der Waals surface area contributed by atoms with Crippen molar-refractivity contribution < 1.29 is 9.18 Å². The standard InChI is InChI=1S/C17H15FN2OS/c1-12-6-7-13(10-15(12)18)11-20-17(21)14-4-2-3-5-16(14)22-9-8-19/h2-7,10H,9,11H2,1H3,(H,20,21). The fourth-order valence-corrected chi connectivity index (χ4v) is 2.63. The molecule has 22 heavy (non-hydrogen) atoms. The molecule has 5 heteroatoms. The van der Waals surface area contributed by atoms with E-state index in [1.165, 1.54) is 17.8 Å². The third-order valence-corrected chi connectivity index (χ3v) is 4.05. The Bertz CT molecular complexity index is 725. The lowest BCUT2D eigenvalue weighted by atomic mass is 10.1. The summed E-state index contributed by atoms with van der Waals surface area (Å²) in [5, 5.41) is 11.4. The Morgan fingerprint density at radius 1 is 1.32 bits per heavy atom. The number of halogens is 1. The molecule has 0 aliphatic carbocycles. The van der Waals surface area contributed by atoms with Crippen molar-refractivity contribution in [2.45, 2.75) is 18.4 Å². The summed E-state index contributed by atoms with van der Waals surface area (Å²) in [5.74, 6) is -0.230. The molecule has 0 atom stereocenters. The molecule has 1 amide bonds. The molecular formula is C17H15FN2OS. The number of aryl methyl sites for hydroxylation is 1. The van der Waals surface area contributed by atoms with E-state index in [9.17, 15) is 9.18 Å². The molecule has 0 aliphatic heterocycles. The van der Waals surface area contributed by atoms with Crippen molar-refractivity contribution in [1.29, 1.82) is 5.26 Å². The number of benzene rings is 2. The molecule has 0 spiro atoms. The number of thioether (sulfide) groups is 1. The van der Waals surface area contributed by atoms with Crippen LogP contribution < -0.4 is 5.32 Å². The van der Waals surface area contributed by atoms with Gasteiger partial charge in [0.2, 0.25) is 0 Å². The summed E-state index contributed by atoms with van der Waals surface area (Å²) >= 11 is 1.32. The predicted molar refractivity (Wildman–Crippen MR) is 85.1 cm³/mol. The monoisotopic (exact) mass is 314 g/mol. The van der Waals surface area contributed by atoms with Crippen LogP contribution in [-0.4, -0.2) is 11.7 Å². The molecule has 0 heterocycles. The van der Waals surface area contributed by atoms with Gasteiger partial charge in [0.15, 0.2) is 0 Å². The maximum atomic E-state index is 13.5. The fourth-order valence-electron chi connectivity index (χ4n) is 1.91. The number of nitriles is 1. The van der Waals surface area contributed by atoms with E-state index in [0.717, 1.165) is 4.90 Å². The molecule has 0 unspecified atom stereocenters. The summed E-state index contributed by atoms with van der Waals surface area (Å²) in [7, 11) is 0. The molecule has 0 saturated heterocycles. The average molecular weight is 314 g/mol. The zero-order chi connectivity index (χ0) is 15.9. The molecular weight excluding hydrogens is 299 g/mol. The molecule has 0 radical (unpaired) electrons. The van der Waals surface area contributed by atoms with Crippen LogP contribution in [0.2, 0.25) is 0 Å². The molecule has 1 N–H and O–H groups in total. The smallest absolute Gasteiger partial charge is 0.252 e. The second-order valence-electron chi connectivity index (χ2n) is 4.71. The zero-order valence-electron chi connectivity index (χ0n) is 12.1. The quantitative estimate of drug-likeness (QED) is 0.857. The number of carbonyl (C=O) groups excluding carboxylic acids is 1. The van der Waals surface area contributed by atoms with E-state index < -0.39 is 0 Å². The van der Waals surface area contributed by atoms with Crippen LogP contribution in [-0.2, 0) is 6.54 Å². The van der Waals surface area contributed by atoms with Crippen LogP contribution in [0.25, 0.3) is 0 Å². The van der Waals surface area contributed by atoms with Crippen LogP contribution >= 0.6 is 11.8 Å². The minimum Gasteiger partial charge on any atom is -0.348 e. The molecule has 112 valence electrons. The minimum absolute atomic E-state index is 0.234. The molecule has 2 rings (SSSR count). The molecule has 3 nitrogen and oxygen atoms in total. The summed E-state index contributed by atoms with van der Waals surface area (Å²) in [4.78, 5) is 13.0. The van der Waals surface area contributed by atoms with E-state index >= 15 is 0 Å². The van der Waals surface area contributed by atoms with Crippen LogP contribution in [0.5, 0.6) is 0 Å². The third kappa shape index (κ3) is 4.09. The Balaban J connectivity index is 2.06. The Hall–Kier alpha value is -2.32. The minimum atomic E-state index is -0.281. The van der Waals surface area contributed by atoms with Crippen molar-refractivity contribution in [3.05, 3.63) is 65.0 Å². The van der Waals surface area contributed by atoms with Gasteiger partial charge in [-0.1, -0.05) is 24.3 Å². The highest BCUT2D eigenvalue weighted by molar-refractivity contribution is 7.99. The van der Waals surface area contributed by atoms with E-state index in [1.54, 1.807) is 31.2 Å². The first-order valence-electron chi connectivity index (χ1n) is 6.74. The highest BCUT2D eigenvalue weighted by Gasteiger charge is 2.11. The first-order chi connectivity index (χ1) is 10.6. The topological polar surface area (TPSA) is 52.9 Å². The van der Waals surface area contributed by atoms with Gasteiger partial charge >= 0.3 is 0 Å². The van der Waals surface area contributed by atoms with Crippen molar-refractivity contribution in [2.75, 3.05) is 5.75 Å². The van der Waals surface area contributed by atoms with Gasteiger partial charge in [0.25, 0.3) is 5.91 Å². The van der Waals surface area contributed by atoms with E-state index in [4.69, 9.17) is 5.26 Å². The molecule has 0 bridgehead atoms. The highest BCUT2D eigenvalue weighted by Crippen LogP contribution is 2.22. The number of hydrogen-bond donors (Lipinski definition) is 1. The van der Waals surface area contributed by atoms with Gasteiger partial charge in [-0.25, -0.2) is 4.39 Å². The van der Waals surface area contributed by atoms with Crippen molar-refractivity contribution in [3.63, 3.8) is 0 Å². The number of amides is 1. The molecule has 0 saturated carbocycles. The van der Waals surface area contributed by atoms with Crippen LogP contribution in [0.4, 0.5) is 4.39 Å². The first kappa shape index (κ1) is 16.1. The predicted octanol–water partition coefficient (Wildman–Crippen LogP) is 3.68. The van der Waals surface area contributed by atoms with Crippen LogP contribution in [0.15, 0.2) is 47.4 Å². The Morgan fingerprint density at radius 2 is 2.09 bits per heavy atom. The van der Waals surface area contributed by atoms with Gasteiger partial charge in [0.05, 0.1) is 17.4 Å². The van der Waals surface area contributed by atoms with Crippen LogP contribution in [0.3, 0.4) is 0 Å². The largest absolute Gasteiger partial charge is 0.348 e. The SMILES string of the molecule is Cc1ccc(CNC(=O)c2ccccc2SCC#N)cc1F. The number of nitrogens with zero attached hydrogens (tertiary/aromatic N) is 1. The first-order valence-corrected chi connectivity index (χ1v) is 7.72. The number of carbonyl (C=O) groups is 1. The second-order valence-corrected chi connectivity index (χ2v) is 5.73. The molecule has 0 aliphatic rings. The fraction of sp³-hybridized carbons (Fsp3) is 0.176. The molecule has 0 fully saturated rings. The summed E-state index contributed by atoms with van der Waals surface area (Å²) in [6, 6.07) is 14.1. The van der Waals surface area contributed by atoms with Crippen molar-refractivity contribution in [2.24, 2.45) is 0 Å². The van der Waals surface area contributed by atoms with Gasteiger partial charge in [0.1, 0.15) is 5.82 Å². The summed E-state index contributed by atoms with van der Waals surface area (Å²) in [5.41, 5.74) is 1.81. The van der Waals surface area contributed by atoms with E-state index in [-0.39, 0.29) is 24.0 Å². The van der Waals surface area contributed by atoms with Crippen molar-refractivity contribution in [1.82, 2.24) is 5.32 Å². The van der Waals surface area contributed by atoms with E-state index in [0.29, 0.717) is 16.7 Å². The van der Waals surface area contributed by atoms with Gasteiger partial charge in [0, 0.05) is 11.4 Å². The molecule has 2 aromatic carbocycles. The Morgan fingerprint density at radius 3 is 2.82 bits per heavy atom. The molecule has 0 aromatic heterocycles. The van der Waals surface area contributed by atoms with Crippen LogP contribution in [0.1, 0.15) is 21.5 Å². The lowest BCUT2D eigenvalue weighted by Gasteiger charge is -2.09. The number of rotatable bonds is 5. The molecule has 2 aromatic rings. The van der Waals surface area contributed by atoms with Gasteiger partial charge in [-0.05, 0) is 36.2 Å². The highest BCUT2D eigenvalue weighted by atomic mass is 32.2. The van der Waals surface area contributed by atoms with Gasteiger partial charge in [-0.3, -0.25) is 4.79 Å². The van der Waals surface area contributed by atoms with Gasteiger partial charge in [-0.15, -0.1) is 11.8 Å². The average Bonchev–Trinajstić information content (AvgIpc) is 2.54. The summed E-state index contributed by atoms with van der Waals surface area (Å²) in [6.07, 6.45) is 0. The Kier molecular flexibility index (Phi) is 5.56. The summed E-state index contributed by atoms with van der Waals surface area (Å²) in [6.45, 7) is 1.95. The Labute approximate surface area is 133 Å².